The van der Waals surface area contributed by atoms with Gasteiger partial charge in [0.15, 0.2) is 11.5 Å². The lowest BCUT2D eigenvalue weighted by Gasteiger charge is -2.35. The third-order valence-corrected chi connectivity index (χ3v) is 6.26. The quantitative estimate of drug-likeness (QED) is 0.692. The van der Waals surface area contributed by atoms with Crippen LogP contribution in [0, 0.1) is 0 Å². The average molecular weight is 409 g/mol. The molecule has 28 heavy (non-hydrogen) atoms. The Bertz CT molecular complexity index is 637. The van der Waals surface area contributed by atoms with Crippen LogP contribution in [0.25, 0.3) is 0 Å². The van der Waals surface area contributed by atoms with Gasteiger partial charge in [-0.3, -0.25) is 9.69 Å². The molecule has 156 valence electrons. The molecule has 2 saturated heterocycles. The van der Waals surface area contributed by atoms with Crippen molar-refractivity contribution in [1.82, 2.24) is 9.80 Å². The summed E-state index contributed by atoms with van der Waals surface area (Å²) in [6.07, 6.45) is 1.03. The van der Waals surface area contributed by atoms with E-state index < -0.39 is 0 Å². The van der Waals surface area contributed by atoms with Crippen LogP contribution in [0.4, 0.5) is 0 Å². The molecule has 0 aromatic heterocycles. The molecule has 0 radical (unpaired) electrons. The Kier molecular flexibility index (Phi) is 8.30. The second-order valence-electron chi connectivity index (χ2n) is 7.02. The fourth-order valence-corrected chi connectivity index (χ4v) is 4.74. The Morgan fingerprint density at radius 1 is 1.14 bits per heavy atom. The number of carbonyl (C=O) groups is 1. The molecule has 0 N–H and O–H groups in total. The minimum atomic E-state index is 0.0877. The Morgan fingerprint density at radius 3 is 2.64 bits per heavy atom. The predicted molar refractivity (Wildman–Crippen MR) is 113 cm³/mol. The molecule has 7 heteroatoms. The van der Waals surface area contributed by atoms with E-state index in [9.17, 15) is 4.79 Å². The lowest BCUT2D eigenvalue weighted by molar-refractivity contribution is 0.0245. The predicted octanol–water partition coefficient (Wildman–Crippen LogP) is 2.76. The van der Waals surface area contributed by atoms with E-state index in [-0.39, 0.29) is 11.9 Å². The van der Waals surface area contributed by atoms with Crippen molar-refractivity contribution in [2.75, 3.05) is 64.1 Å². The van der Waals surface area contributed by atoms with Crippen LogP contribution in [0.3, 0.4) is 0 Å². The first kappa shape index (κ1) is 21.3. The number of benzene rings is 1. The fourth-order valence-electron chi connectivity index (χ4n) is 3.68. The third-order valence-electron chi connectivity index (χ3n) is 5.06. The SMILES string of the molecule is CCOc1ccc(C(=O)N2CCCSCC2CN2CCOCC2)cc1OCC. The van der Waals surface area contributed by atoms with Gasteiger partial charge in [0.1, 0.15) is 0 Å². The van der Waals surface area contributed by atoms with Crippen LogP contribution in [0.15, 0.2) is 18.2 Å². The van der Waals surface area contributed by atoms with Gasteiger partial charge in [-0.15, -0.1) is 0 Å². The van der Waals surface area contributed by atoms with Gasteiger partial charge < -0.3 is 19.1 Å². The van der Waals surface area contributed by atoms with Gasteiger partial charge in [0.05, 0.1) is 32.5 Å². The number of hydrogen-bond donors (Lipinski definition) is 0. The molecule has 2 aliphatic heterocycles. The number of nitrogens with zero attached hydrogens (tertiary/aromatic N) is 2. The van der Waals surface area contributed by atoms with Crippen molar-refractivity contribution in [2.24, 2.45) is 0 Å². The highest BCUT2D eigenvalue weighted by Gasteiger charge is 2.29. The molecule has 0 aliphatic carbocycles. The first-order valence-electron chi connectivity index (χ1n) is 10.3. The van der Waals surface area contributed by atoms with Crippen molar-refractivity contribution in [3.05, 3.63) is 23.8 Å². The van der Waals surface area contributed by atoms with E-state index in [0.717, 1.165) is 57.3 Å². The number of thioether (sulfide) groups is 1. The van der Waals surface area contributed by atoms with Gasteiger partial charge in [0.25, 0.3) is 5.91 Å². The zero-order chi connectivity index (χ0) is 19.8. The molecule has 1 aromatic carbocycles. The summed E-state index contributed by atoms with van der Waals surface area (Å²) in [6, 6.07) is 5.77. The molecule has 0 saturated carbocycles. The molecule has 3 rings (SSSR count). The molecule has 0 spiro atoms. The van der Waals surface area contributed by atoms with E-state index in [1.807, 2.05) is 43.8 Å². The summed E-state index contributed by atoms with van der Waals surface area (Å²) in [5.41, 5.74) is 0.672. The first-order valence-corrected chi connectivity index (χ1v) is 11.5. The Hall–Kier alpha value is -1.44. The maximum Gasteiger partial charge on any atom is 0.254 e. The van der Waals surface area contributed by atoms with Gasteiger partial charge in [0.2, 0.25) is 0 Å². The van der Waals surface area contributed by atoms with Gasteiger partial charge >= 0.3 is 0 Å². The van der Waals surface area contributed by atoms with Crippen molar-refractivity contribution in [3.63, 3.8) is 0 Å². The summed E-state index contributed by atoms with van der Waals surface area (Å²) in [5.74, 6) is 3.51. The molecular weight excluding hydrogens is 376 g/mol. The third kappa shape index (κ3) is 5.55. The number of amides is 1. The van der Waals surface area contributed by atoms with E-state index in [1.165, 1.54) is 0 Å². The molecule has 1 atom stereocenters. The molecular formula is C21H32N2O4S. The van der Waals surface area contributed by atoms with Crippen molar-refractivity contribution in [3.8, 4) is 11.5 Å². The number of carbonyl (C=O) groups excluding carboxylic acids is 1. The summed E-state index contributed by atoms with van der Waals surface area (Å²) >= 11 is 1.95. The lowest BCUT2D eigenvalue weighted by atomic mass is 10.1. The molecule has 1 amide bonds. The molecule has 6 nitrogen and oxygen atoms in total. The topological polar surface area (TPSA) is 51.2 Å². The van der Waals surface area contributed by atoms with Crippen molar-refractivity contribution < 1.29 is 19.0 Å². The zero-order valence-electron chi connectivity index (χ0n) is 17.0. The van der Waals surface area contributed by atoms with Gasteiger partial charge in [-0.25, -0.2) is 0 Å². The summed E-state index contributed by atoms with van der Waals surface area (Å²) < 4.78 is 16.8. The standard InChI is InChI=1S/C21H32N2O4S/c1-3-26-19-7-6-17(14-20(19)27-4-2)21(24)23-8-5-13-28-16-18(23)15-22-9-11-25-12-10-22/h6-7,14,18H,3-5,8-13,15-16H2,1-2H3. The highest BCUT2D eigenvalue weighted by atomic mass is 32.2. The van der Waals surface area contributed by atoms with E-state index in [0.29, 0.717) is 30.3 Å². The Labute approximate surface area is 172 Å². The Morgan fingerprint density at radius 2 is 1.89 bits per heavy atom. The molecule has 2 fully saturated rings. The Balaban J connectivity index is 1.77. The highest BCUT2D eigenvalue weighted by Crippen LogP contribution is 2.30. The van der Waals surface area contributed by atoms with Crippen LogP contribution < -0.4 is 9.47 Å². The molecule has 0 bridgehead atoms. The van der Waals surface area contributed by atoms with Gasteiger partial charge in [-0.05, 0) is 44.2 Å². The van der Waals surface area contributed by atoms with E-state index in [1.54, 1.807) is 0 Å². The second-order valence-corrected chi connectivity index (χ2v) is 8.17. The molecule has 1 unspecified atom stereocenters. The minimum absolute atomic E-state index is 0.0877. The summed E-state index contributed by atoms with van der Waals surface area (Å²) in [6.45, 7) is 10.2. The average Bonchev–Trinajstić information content (AvgIpc) is 2.95. The maximum absolute atomic E-state index is 13.4. The van der Waals surface area contributed by atoms with Gasteiger partial charge in [-0.1, -0.05) is 0 Å². The molecule has 1 aromatic rings. The van der Waals surface area contributed by atoms with Crippen LogP contribution in [0.1, 0.15) is 30.6 Å². The van der Waals surface area contributed by atoms with Crippen molar-refractivity contribution in [2.45, 2.75) is 26.3 Å². The van der Waals surface area contributed by atoms with Gasteiger partial charge in [0, 0.05) is 37.5 Å². The minimum Gasteiger partial charge on any atom is -0.490 e. The van der Waals surface area contributed by atoms with Crippen LogP contribution in [0.5, 0.6) is 11.5 Å². The van der Waals surface area contributed by atoms with E-state index >= 15 is 0 Å². The van der Waals surface area contributed by atoms with Crippen LogP contribution >= 0.6 is 11.8 Å². The van der Waals surface area contributed by atoms with Crippen LogP contribution in [0.2, 0.25) is 0 Å². The second kappa shape index (κ2) is 10.9. The fraction of sp³-hybridized carbons (Fsp3) is 0.667. The normalized spacial score (nSPS) is 21.2. The lowest BCUT2D eigenvalue weighted by Crippen LogP contribution is -2.50. The smallest absolute Gasteiger partial charge is 0.254 e. The highest BCUT2D eigenvalue weighted by molar-refractivity contribution is 7.99. The van der Waals surface area contributed by atoms with E-state index in [2.05, 4.69) is 9.80 Å². The summed E-state index contributed by atoms with van der Waals surface area (Å²) in [4.78, 5) is 17.9. The van der Waals surface area contributed by atoms with Crippen LogP contribution in [-0.2, 0) is 4.74 Å². The number of rotatable bonds is 7. The number of ether oxygens (including phenoxy) is 3. The largest absolute Gasteiger partial charge is 0.490 e. The summed E-state index contributed by atoms with van der Waals surface area (Å²) in [5, 5.41) is 0. The van der Waals surface area contributed by atoms with Crippen LogP contribution in [-0.4, -0.2) is 85.9 Å². The summed E-state index contributed by atoms with van der Waals surface area (Å²) in [7, 11) is 0. The monoisotopic (exact) mass is 408 g/mol. The number of hydrogen-bond acceptors (Lipinski definition) is 6. The maximum atomic E-state index is 13.4. The van der Waals surface area contributed by atoms with Gasteiger partial charge in [-0.2, -0.15) is 11.8 Å². The zero-order valence-corrected chi connectivity index (χ0v) is 17.8. The van der Waals surface area contributed by atoms with Crippen molar-refractivity contribution >= 4 is 17.7 Å². The molecule has 2 aliphatic rings. The number of morpholine rings is 1. The van der Waals surface area contributed by atoms with Crippen molar-refractivity contribution in [1.29, 1.82) is 0 Å². The van der Waals surface area contributed by atoms with E-state index in [4.69, 9.17) is 14.2 Å². The first-order chi connectivity index (χ1) is 13.7. The molecule has 2 heterocycles.